The topological polar surface area (TPSA) is 0 Å². The summed E-state index contributed by atoms with van der Waals surface area (Å²) in [6, 6.07) is 2.21. The second kappa shape index (κ2) is 4.19. The second-order valence-corrected chi connectivity index (χ2v) is 5.36. The van der Waals surface area contributed by atoms with Gasteiger partial charge in [-0.3, -0.25) is 0 Å². The van der Waals surface area contributed by atoms with E-state index in [1.54, 1.807) is 0 Å². The number of rotatable bonds is 0. The molecule has 0 bridgehead atoms. The average molecular weight is 204 g/mol. The molecule has 1 heteroatoms. The van der Waals surface area contributed by atoms with E-state index in [-0.39, 0.29) is 0 Å². The van der Waals surface area contributed by atoms with Gasteiger partial charge in [0, 0.05) is 10.8 Å². The van der Waals surface area contributed by atoms with Crippen LogP contribution in [-0.2, 0) is 0 Å². The lowest BCUT2D eigenvalue weighted by Crippen LogP contribution is -1.85. The third-order valence-electron chi connectivity index (χ3n) is 2.92. The van der Waals surface area contributed by atoms with Gasteiger partial charge in [0.25, 0.3) is 0 Å². The van der Waals surface area contributed by atoms with E-state index >= 15 is 0 Å². The fraction of sp³-hybridized carbons (Fsp3) is 0.538. The van der Waals surface area contributed by atoms with Crippen molar-refractivity contribution in [3.05, 3.63) is 21.4 Å². The number of aryl methyl sites for hydroxylation is 2. The van der Waals surface area contributed by atoms with Crippen molar-refractivity contribution in [3.8, 4) is 11.8 Å². The van der Waals surface area contributed by atoms with Crippen molar-refractivity contribution in [2.75, 3.05) is 0 Å². The van der Waals surface area contributed by atoms with Crippen molar-refractivity contribution < 1.29 is 0 Å². The molecular weight excluding hydrogens is 188 g/mol. The van der Waals surface area contributed by atoms with E-state index < -0.39 is 0 Å². The first kappa shape index (κ1) is 9.80. The number of thiophene rings is 1. The third-order valence-corrected chi connectivity index (χ3v) is 3.99. The quantitative estimate of drug-likeness (QED) is 0.562. The van der Waals surface area contributed by atoms with Crippen molar-refractivity contribution >= 4 is 11.3 Å². The SMILES string of the molecule is Cc1cc(C#CC2CCCC2)sc1C. The van der Waals surface area contributed by atoms with Gasteiger partial charge >= 0.3 is 0 Å². The van der Waals surface area contributed by atoms with Crippen molar-refractivity contribution in [2.24, 2.45) is 5.92 Å². The molecule has 14 heavy (non-hydrogen) atoms. The van der Waals surface area contributed by atoms with Gasteiger partial charge in [-0.15, -0.1) is 11.3 Å². The second-order valence-electron chi connectivity index (χ2n) is 4.10. The first-order chi connectivity index (χ1) is 6.75. The predicted octanol–water partition coefficient (Wildman–Crippen LogP) is 3.91. The van der Waals surface area contributed by atoms with Crippen LogP contribution in [0.2, 0.25) is 0 Å². The summed E-state index contributed by atoms with van der Waals surface area (Å²) >= 11 is 1.82. The molecule has 2 rings (SSSR count). The van der Waals surface area contributed by atoms with Gasteiger partial charge in [0.15, 0.2) is 0 Å². The molecule has 1 heterocycles. The summed E-state index contributed by atoms with van der Waals surface area (Å²) in [5.74, 6) is 7.39. The van der Waals surface area contributed by atoms with Crippen LogP contribution in [0.5, 0.6) is 0 Å². The van der Waals surface area contributed by atoms with Crippen LogP contribution in [0, 0.1) is 31.6 Å². The molecule has 1 saturated carbocycles. The predicted molar refractivity (Wildman–Crippen MR) is 62.6 cm³/mol. The minimum Gasteiger partial charge on any atom is -0.132 e. The van der Waals surface area contributed by atoms with Crippen molar-refractivity contribution in [1.82, 2.24) is 0 Å². The van der Waals surface area contributed by atoms with Crippen LogP contribution in [0.15, 0.2) is 6.07 Å². The van der Waals surface area contributed by atoms with Gasteiger partial charge in [-0.05, 0) is 38.3 Å². The summed E-state index contributed by atoms with van der Waals surface area (Å²) < 4.78 is 0. The lowest BCUT2D eigenvalue weighted by atomic mass is 10.1. The standard InChI is InChI=1S/C13H16S/c1-10-9-13(14-11(10)2)8-7-12-5-3-4-6-12/h9,12H,3-6H2,1-2H3. The fourth-order valence-corrected chi connectivity index (χ4v) is 2.77. The smallest absolute Gasteiger partial charge is 0.0774 e. The lowest BCUT2D eigenvalue weighted by molar-refractivity contribution is 0.712. The summed E-state index contributed by atoms with van der Waals surface area (Å²) in [5, 5.41) is 0. The highest BCUT2D eigenvalue weighted by atomic mass is 32.1. The molecule has 74 valence electrons. The summed E-state index contributed by atoms with van der Waals surface area (Å²) in [6.07, 6.45) is 5.39. The highest BCUT2D eigenvalue weighted by Crippen LogP contribution is 2.24. The molecule has 0 amide bonds. The van der Waals surface area contributed by atoms with Gasteiger partial charge in [-0.1, -0.05) is 24.7 Å². The van der Waals surface area contributed by atoms with E-state index in [0.717, 1.165) is 0 Å². The third kappa shape index (κ3) is 2.19. The minimum absolute atomic E-state index is 0.678. The van der Waals surface area contributed by atoms with Crippen molar-refractivity contribution in [3.63, 3.8) is 0 Å². The van der Waals surface area contributed by atoms with Crippen LogP contribution in [0.3, 0.4) is 0 Å². The molecule has 1 aromatic heterocycles. The first-order valence-electron chi connectivity index (χ1n) is 5.34. The van der Waals surface area contributed by atoms with E-state index in [1.165, 1.54) is 41.0 Å². The largest absolute Gasteiger partial charge is 0.132 e. The molecule has 0 nitrogen and oxygen atoms in total. The highest BCUT2D eigenvalue weighted by Gasteiger charge is 2.11. The van der Waals surface area contributed by atoms with E-state index in [4.69, 9.17) is 0 Å². The Bertz CT molecular complexity index is 350. The fourth-order valence-electron chi connectivity index (χ4n) is 1.88. The molecule has 0 atom stereocenters. The van der Waals surface area contributed by atoms with Crippen LogP contribution in [0.1, 0.15) is 41.0 Å². The summed E-state index contributed by atoms with van der Waals surface area (Å²) in [7, 11) is 0. The molecule has 0 spiro atoms. The molecule has 1 aliphatic rings. The minimum atomic E-state index is 0.678. The van der Waals surface area contributed by atoms with E-state index in [1.807, 2.05) is 11.3 Å². The molecular formula is C13H16S. The Kier molecular flexibility index (Phi) is 2.93. The Morgan fingerprint density at radius 1 is 1.29 bits per heavy atom. The number of hydrogen-bond donors (Lipinski definition) is 0. The maximum absolute atomic E-state index is 3.40. The van der Waals surface area contributed by atoms with Crippen LogP contribution in [-0.4, -0.2) is 0 Å². The molecule has 0 radical (unpaired) electrons. The lowest BCUT2D eigenvalue weighted by Gasteiger charge is -1.93. The van der Waals surface area contributed by atoms with Gasteiger partial charge in [0.05, 0.1) is 4.88 Å². The molecule has 1 aliphatic carbocycles. The van der Waals surface area contributed by atoms with Gasteiger partial charge < -0.3 is 0 Å². The maximum Gasteiger partial charge on any atom is 0.0774 e. The summed E-state index contributed by atoms with van der Waals surface area (Å²) in [5.41, 5.74) is 1.38. The Morgan fingerprint density at radius 3 is 2.57 bits per heavy atom. The Hall–Kier alpha value is -0.740. The molecule has 0 aromatic carbocycles. The maximum atomic E-state index is 3.40. The van der Waals surface area contributed by atoms with Crippen LogP contribution in [0.4, 0.5) is 0 Å². The Labute approximate surface area is 90.3 Å². The summed E-state index contributed by atoms with van der Waals surface area (Å²) in [4.78, 5) is 2.65. The highest BCUT2D eigenvalue weighted by molar-refractivity contribution is 7.12. The Morgan fingerprint density at radius 2 is 2.00 bits per heavy atom. The van der Waals surface area contributed by atoms with Crippen LogP contribution in [0.25, 0.3) is 0 Å². The molecule has 0 saturated heterocycles. The van der Waals surface area contributed by atoms with Gasteiger partial charge in [-0.25, -0.2) is 0 Å². The molecule has 0 aliphatic heterocycles. The van der Waals surface area contributed by atoms with Gasteiger partial charge in [-0.2, -0.15) is 0 Å². The van der Waals surface area contributed by atoms with E-state index in [2.05, 4.69) is 31.8 Å². The van der Waals surface area contributed by atoms with Crippen molar-refractivity contribution in [2.45, 2.75) is 39.5 Å². The zero-order valence-electron chi connectivity index (χ0n) is 8.89. The van der Waals surface area contributed by atoms with E-state index in [9.17, 15) is 0 Å². The zero-order chi connectivity index (χ0) is 9.97. The van der Waals surface area contributed by atoms with Crippen LogP contribution >= 0.6 is 11.3 Å². The normalized spacial score (nSPS) is 16.7. The van der Waals surface area contributed by atoms with E-state index in [0.29, 0.717) is 5.92 Å². The molecule has 1 fully saturated rings. The average Bonchev–Trinajstić information content (AvgIpc) is 2.74. The summed E-state index contributed by atoms with van der Waals surface area (Å²) in [6.45, 7) is 4.33. The molecule has 0 unspecified atom stereocenters. The zero-order valence-corrected chi connectivity index (χ0v) is 9.71. The van der Waals surface area contributed by atoms with Gasteiger partial charge in [0.1, 0.15) is 0 Å². The molecule has 1 aromatic rings. The van der Waals surface area contributed by atoms with Crippen molar-refractivity contribution in [1.29, 1.82) is 0 Å². The molecule has 0 N–H and O–H groups in total. The van der Waals surface area contributed by atoms with Crippen LogP contribution < -0.4 is 0 Å². The Balaban J connectivity index is 2.08. The first-order valence-corrected chi connectivity index (χ1v) is 6.16. The monoisotopic (exact) mass is 204 g/mol. The number of hydrogen-bond acceptors (Lipinski definition) is 1. The van der Waals surface area contributed by atoms with Gasteiger partial charge in [0.2, 0.25) is 0 Å².